The average Bonchev–Trinajstić information content (AvgIpc) is 2.60. The molecule has 132 valence electrons. The lowest BCUT2D eigenvalue weighted by molar-refractivity contribution is 0.0946. The number of anilines is 2. The summed E-state index contributed by atoms with van der Waals surface area (Å²) in [6.07, 6.45) is 1.39. The van der Waals surface area contributed by atoms with Gasteiger partial charge in [0, 0.05) is 18.3 Å². The minimum Gasteiger partial charge on any atom is -0.347 e. The zero-order chi connectivity index (χ0) is 18.5. The summed E-state index contributed by atoms with van der Waals surface area (Å²) in [6, 6.07) is 15.9. The molecule has 3 rings (SSSR count). The number of rotatable bonds is 5. The summed E-state index contributed by atoms with van der Waals surface area (Å²) in [5, 5.41) is 6.12. The second-order valence-corrected chi connectivity index (χ2v) is 6.46. The van der Waals surface area contributed by atoms with Crippen LogP contribution in [0.25, 0.3) is 0 Å². The third kappa shape index (κ3) is 4.66. The maximum Gasteiger partial charge on any atom is 0.270 e. The number of nitrogens with one attached hydrogen (secondary N) is 2. The lowest BCUT2D eigenvalue weighted by atomic mass is 10.1. The summed E-state index contributed by atoms with van der Waals surface area (Å²) in [7, 11) is 0. The number of aryl methyl sites for hydroxylation is 3. The number of carbonyl (C=O) groups excluding carboxylic acids is 1. The lowest BCUT2D eigenvalue weighted by Crippen LogP contribution is -2.24. The molecule has 0 fully saturated rings. The van der Waals surface area contributed by atoms with Gasteiger partial charge in [-0.3, -0.25) is 4.79 Å². The molecule has 5 heteroatoms. The Hall–Kier alpha value is -3.21. The highest BCUT2D eigenvalue weighted by atomic mass is 16.1. The average molecular weight is 346 g/mol. The summed E-state index contributed by atoms with van der Waals surface area (Å²) >= 11 is 0. The molecule has 0 unspecified atom stereocenters. The Bertz CT molecular complexity index is 899. The fourth-order valence-electron chi connectivity index (χ4n) is 2.72. The normalized spacial score (nSPS) is 10.4. The molecule has 0 aliphatic rings. The van der Waals surface area contributed by atoms with E-state index in [1.165, 1.54) is 11.9 Å². The maximum atomic E-state index is 12.4. The van der Waals surface area contributed by atoms with E-state index in [9.17, 15) is 4.79 Å². The Morgan fingerprint density at radius 2 is 1.58 bits per heavy atom. The molecule has 5 nitrogen and oxygen atoms in total. The van der Waals surface area contributed by atoms with Gasteiger partial charge in [-0.15, -0.1) is 0 Å². The van der Waals surface area contributed by atoms with Gasteiger partial charge in [-0.1, -0.05) is 35.9 Å². The highest BCUT2D eigenvalue weighted by Gasteiger charge is 2.09. The first-order valence-electron chi connectivity index (χ1n) is 8.51. The van der Waals surface area contributed by atoms with Gasteiger partial charge >= 0.3 is 0 Å². The van der Waals surface area contributed by atoms with Crippen molar-refractivity contribution in [3.63, 3.8) is 0 Å². The molecule has 1 amide bonds. The van der Waals surface area contributed by atoms with Gasteiger partial charge in [0.15, 0.2) is 0 Å². The molecule has 0 saturated heterocycles. The molecule has 0 radical (unpaired) electrons. The summed E-state index contributed by atoms with van der Waals surface area (Å²) < 4.78 is 0. The van der Waals surface area contributed by atoms with Crippen LogP contribution in [0.1, 0.15) is 32.7 Å². The van der Waals surface area contributed by atoms with Crippen LogP contribution in [0.3, 0.4) is 0 Å². The molecule has 0 aliphatic heterocycles. The van der Waals surface area contributed by atoms with Crippen molar-refractivity contribution >= 4 is 17.4 Å². The van der Waals surface area contributed by atoms with Gasteiger partial charge in [0.05, 0.1) is 0 Å². The smallest absolute Gasteiger partial charge is 0.270 e. The molecule has 2 N–H and O–H groups in total. The van der Waals surface area contributed by atoms with Crippen LogP contribution in [0, 0.1) is 20.8 Å². The SMILES string of the molecule is Cc1ccc(CNC(=O)c2cc(Nc3cc(C)cc(C)c3)ncn2)cc1. The van der Waals surface area contributed by atoms with E-state index in [-0.39, 0.29) is 5.91 Å². The molecule has 2 aromatic carbocycles. The van der Waals surface area contributed by atoms with E-state index in [0.717, 1.165) is 22.4 Å². The van der Waals surface area contributed by atoms with Crippen LogP contribution in [-0.4, -0.2) is 15.9 Å². The molecule has 1 aromatic heterocycles. The van der Waals surface area contributed by atoms with E-state index in [4.69, 9.17) is 0 Å². The molecule has 3 aromatic rings. The molecule has 0 bridgehead atoms. The van der Waals surface area contributed by atoms with Crippen LogP contribution in [0.15, 0.2) is 54.9 Å². The number of aromatic nitrogens is 2. The van der Waals surface area contributed by atoms with Gasteiger partial charge in [-0.05, 0) is 49.6 Å². The van der Waals surface area contributed by atoms with Gasteiger partial charge in [-0.2, -0.15) is 0 Å². The Kier molecular flexibility index (Phi) is 5.27. The largest absolute Gasteiger partial charge is 0.347 e. The monoisotopic (exact) mass is 346 g/mol. The second-order valence-electron chi connectivity index (χ2n) is 6.46. The van der Waals surface area contributed by atoms with Crippen LogP contribution in [0.4, 0.5) is 11.5 Å². The van der Waals surface area contributed by atoms with Crippen molar-refractivity contribution < 1.29 is 4.79 Å². The number of amides is 1. The second kappa shape index (κ2) is 7.78. The van der Waals surface area contributed by atoms with Crippen molar-refractivity contribution in [2.24, 2.45) is 0 Å². The van der Waals surface area contributed by atoms with Crippen molar-refractivity contribution in [2.45, 2.75) is 27.3 Å². The predicted molar refractivity (Wildman–Crippen MR) is 104 cm³/mol. The first kappa shape index (κ1) is 17.6. The minimum absolute atomic E-state index is 0.226. The Morgan fingerprint density at radius 1 is 0.885 bits per heavy atom. The maximum absolute atomic E-state index is 12.4. The van der Waals surface area contributed by atoms with E-state index in [0.29, 0.717) is 18.1 Å². The molecule has 0 spiro atoms. The van der Waals surface area contributed by atoms with Gasteiger partial charge < -0.3 is 10.6 Å². The summed E-state index contributed by atoms with van der Waals surface area (Å²) in [4.78, 5) is 20.7. The van der Waals surface area contributed by atoms with E-state index in [1.807, 2.05) is 57.2 Å². The van der Waals surface area contributed by atoms with Gasteiger partial charge in [0.25, 0.3) is 5.91 Å². The highest BCUT2D eigenvalue weighted by Crippen LogP contribution is 2.18. The lowest BCUT2D eigenvalue weighted by Gasteiger charge is -2.09. The number of nitrogens with zero attached hydrogens (tertiary/aromatic N) is 2. The van der Waals surface area contributed by atoms with Crippen molar-refractivity contribution in [3.05, 3.63) is 82.8 Å². The third-order valence-corrected chi connectivity index (χ3v) is 3.97. The van der Waals surface area contributed by atoms with E-state index < -0.39 is 0 Å². The van der Waals surface area contributed by atoms with Gasteiger partial charge in [0.1, 0.15) is 17.8 Å². The van der Waals surface area contributed by atoms with Crippen LogP contribution in [-0.2, 0) is 6.54 Å². The predicted octanol–water partition coefficient (Wildman–Crippen LogP) is 4.08. The van der Waals surface area contributed by atoms with E-state index >= 15 is 0 Å². The molecular formula is C21H22N4O. The van der Waals surface area contributed by atoms with Crippen LogP contribution >= 0.6 is 0 Å². The first-order chi connectivity index (χ1) is 12.5. The molecular weight excluding hydrogens is 324 g/mol. The van der Waals surface area contributed by atoms with Crippen molar-refractivity contribution in [1.82, 2.24) is 15.3 Å². The van der Waals surface area contributed by atoms with Crippen molar-refractivity contribution in [2.75, 3.05) is 5.32 Å². The summed E-state index contributed by atoms with van der Waals surface area (Å²) in [5.74, 6) is 0.363. The zero-order valence-electron chi connectivity index (χ0n) is 15.2. The summed E-state index contributed by atoms with van der Waals surface area (Å²) in [5.41, 5.74) is 5.84. The van der Waals surface area contributed by atoms with E-state index in [1.54, 1.807) is 6.07 Å². The van der Waals surface area contributed by atoms with Crippen LogP contribution < -0.4 is 10.6 Å². The highest BCUT2D eigenvalue weighted by molar-refractivity contribution is 5.92. The first-order valence-corrected chi connectivity index (χ1v) is 8.51. The standard InChI is InChI=1S/C21H22N4O/c1-14-4-6-17(7-5-14)12-22-21(26)19-11-20(24-13-23-19)25-18-9-15(2)8-16(3)10-18/h4-11,13H,12H2,1-3H3,(H,22,26)(H,23,24,25). The van der Waals surface area contributed by atoms with Crippen LogP contribution in [0.5, 0.6) is 0 Å². The topological polar surface area (TPSA) is 66.9 Å². The Morgan fingerprint density at radius 3 is 2.27 bits per heavy atom. The molecule has 1 heterocycles. The quantitative estimate of drug-likeness (QED) is 0.731. The molecule has 0 aliphatic carbocycles. The third-order valence-electron chi connectivity index (χ3n) is 3.97. The van der Waals surface area contributed by atoms with E-state index in [2.05, 4.69) is 26.7 Å². The number of carbonyl (C=O) groups is 1. The molecule has 26 heavy (non-hydrogen) atoms. The van der Waals surface area contributed by atoms with Gasteiger partial charge in [-0.25, -0.2) is 9.97 Å². The number of hydrogen-bond acceptors (Lipinski definition) is 4. The minimum atomic E-state index is -0.226. The summed E-state index contributed by atoms with van der Waals surface area (Å²) in [6.45, 7) is 6.58. The number of hydrogen-bond donors (Lipinski definition) is 2. The van der Waals surface area contributed by atoms with Gasteiger partial charge in [0.2, 0.25) is 0 Å². The molecule has 0 atom stereocenters. The molecule has 0 saturated carbocycles. The number of benzene rings is 2. The van der Waals surface area contributed by atoms with Crippen molar-refractivity contribution in [3.8, 4) is 0 Å². The van der Waals surface area contributed by atoms with Crippen molar-refractivity contribution in [1.29, 1.82) is 0 Å². The van der Waals surface area contributed by atoms with Crippen LogP contribution in [0.2, 0.25) is 0 Å². The fourth-order valence-corrected chi connectivity index (χ4v) is 2.72. The Labute approximate surface area is 153 Å². The fraction of sp³-hybridized carbons (Fsp3) is 0.190. The zero-order valence-corrected chi connectivity index (χ0v) is 15.2. The Balaban J connectivity index is 1.67.